The van der Waals surface area contributed by atoms with Crippen molar-refractivity contribution >= 4 is 16.5 Å². The van der Waals surface area contributed by atoms with Crippen LogP contribution >= 0.6 is 11.3 Å². The van der Waals surface area contributed by atoms with Gasteiger partial charge in [-0.05, 0) is 46.1 Å². The largest absolute Gasteiger partial charge is 0.345 e. The van der Waals surface area contributed by atoms with Crippen LogP contribution in [0.3, 0.4) is 0 Å². The van der Waals surface area contributed by atoms with Gasteiger partial charge in [0.25, 0.3) is 0 Å². The summed E-state index contributed by atoms with van der Waals surface area (Å²) in [6, 6.07) is 1.22. The zero-order chi connectivity index (χ0) is 13.2. The molecule has 2 aliphatic carbocycles. The number of aryl methyl sites for hydroxylation is 1. The molecule has 3 rings (SSSR count). The van der Waals surface area contributed by atoms with Gasteiger partial charge in [0.15, 0.2) is 5.13 Å². The van der Waals surface area contributed by atoms with Gasteiger partial charge in [0.05, 0.1) is 11.7 Å². The van der Waals surface area contributed by atoms with Crippen molar-refractivity contribution in [2.45, 2.75) is 64.0 Å². The fourth-order valence-electron chi connectivity index (χ4n) is 3.57. The second-order valence-electron chi connectivity index (χ2n) is 5.76. The summed E-state index contributed by atoms with van der Waals surface area (Å²) < 4.78 is 0. The molecule has 1 heterocycles. The van der Waals surface area contributed by atoms with E-state index in [0.717, 1.165) is 12.6 Å². The van der Waals surface area contributed by atoms with E-state index in [-0.39, 0.29) is 0 Å². The number of nitrogens with one attached hydrogen (secondary N) is 1. The molecule has 0 bridgehead atoms. The zero-order valence-electron chi connectivity index (χ0n) is 12.1. The van der Waals surface area contributed by atoms with Crippen LogP contribution in [-0.4, -0.2) is 24.6 Å². The average Bonchev–Trinajstić information content (AvgIpc) is 3.08. The molecule has 0 aliphatic heterocycles. The van der Waals surface area contributed by atoms with Gasteiger partial charge in [-0.15, -0.1) is 11.3 Å². The number of thiazole rings is 1. The van der Waals surface area contributed by atoms with Gasteiger partial charge in [0.1, 0.15) is 0 Å². The lowest BCUT2D eigenvalue weighted by molar-refractivity contribution is 0.489. The number of nitrogens with zero attached hydrogens (tertiary/aromatic N) is 2. The first-order chi connectivity index (χ1) is 9.33. The second-order valence-corrected chi connectivity index (χ2v) is 6.82. The van der Waals surface area contributed by atoms with Crippen LogP contribution in [0.5, 0.6) is 0 Å². The SMILES string of the molecule is CCN(c1nc2c(s1)CCCC2NC)C1CCCC1. The van der Waals surface area contributed by atoms with Crippen molar-refractivity contribution in [3.8, 4) is 0 Å². The van der Waals surface area contributed by atoms with Gasteiger partial charge in [0.2, 0.25) is 0 Å². The molecule has 2 aliphatic rings. The maximum Gasteiger partial charge on any atom is 0.186 e. The number of aromatic nitrogens is 1. The smallest absolute Gasteiger partial charge is 0.186 e. The van der Waals surface area contributed by atoms with Crippen LogP contribution in [0.25, 0.3) is 0 Å². The molecule has 1 aromatic heterocycles. The Morgan fingerprint density at radius 3 is 2.74 bits per heavy atom. The second kappa shape index (κ2) is 5.80. The third kappa shape index (κ3) is 2.52. The highest BCUT2D eigenvalue weighted by atomic mass is 32.1. The molecule has 106 valence electrons. The number of hydrogen-bond acceptors (Lipinski definition) is 4. The molecule has 1 saturated carbocycles. The molecule has 1 aromatic rings. The summed E-state index contributed by atoms with van der Waals surface area (Å²) in [5.41, 5.74) is 1.34. The van der Waals surface area contributed by atoms with Gasteiger partial charge < -0.3 is 10.2 Å². The Bertz CT molecular complexity index is 423. The summed E-state index contributed by atoms with van der Waals surface area (Å²) in [5.74, 6) is 0. The lowest BCUT2D eigenvalue weighted by atomic mass is 9.98. The van der Waals surface area contributed by atoms with Crippen LogP contribution in [-0.2, 0) is 6.42 Å². The standard InChI is InChI=1S/C15H25N3S/c1-3-18(11-7-4-5-8-11)15-17-14-12(16-2)9-6-10-13(14)19-15/h11-12,16H,3-10H2,1-2H3. The first-order valence-corrected chi connectivity index (χ1v) is 8.58. The quantitative estimate of drug-likeness (QED) is 0.914. The number of rotatable bonds is 4. The van der Waals surface area contributed by atoms with Crippen molar-refractivity contribution in [2.75, 3.05) is 18.5 Å². The van der Waals surface area contributed by atoms with Crippen LogP contribution in [0.4, 0.5) is 5.13 Å². The number of hydrogen-bond donors (Lipinski definition) is 1. The van der Waals surface area contributed by atoms with Crippen molar-refractivity contribution in [1.29, 1.82) is 0 Å². The van der Waals surface area contributed by atoms with Crippen LogP contribution in [0, 0.1) is 0 Å². The van der Waals surface area contributed by atoms with Crippen molar-refractivity contribution in [2.24, 2.45) is 0 Å². The summed E-state index contributed by atoms with van der Waals surface area (Å²) >= 11 is 1.95. The third-order valence-electron chi connectivity index (χ3n) is 4.64. The van der Waals surface area contributed by atoms with E-state index in [1.54, 1.807) is 0 Å². The minimum atomic E-state index is 0.482. The Morgan fingerprint density at radius 2 is 2.05 bits per heavy atom. The van der Waals surface area contributed by atoms with Crippen molar-refractivity contribution in [1.82, 2.24) is 10.3 Å². The van der Waals surface area contributed by atoms with E-state index in [1.807, 2.05) is 11.3 Å². The summed E-state index contributed by atoms with van der Waals surface area (Å²) in [6.45, 7) is 3.37. The van der Waals surface area contributed by atoms with Gasteiger partial charge in [-0.2, -0.15) is 0 Å². The zero-order valence-corrected chi connectivity index (χ0v) is 12.9. The number of fused-ring (bicyclic) bond motifs is 1. The Morgan fingerprint density at radius 1 is 1.26 bits per heavy atom. The molecule has 0 saturated heterocycles. The molecule has 1 atom stereocenters. The maximum atomic E-state index is 5.00. The lowest BCUT2D eigenvalue weighted by Crippen LogP contribution is -2.33. The van der Waals surface area contributed by atoms with Crippen molar-refractivity contribution < 1.29 is 0 Å². The normalized spacial score (nSPS) is 23.6. The molecule has 0 amide bonds. The molecule has 3 nitrogen and oxygen atoms in total. The molecule has 4 heteroatoms. The Hall–Kier alpha value is -0.610. The lowest BCUT2D eigenvalue weighted by Gasteiger charge is -2.27. The summed E-state index contributed by atoms with van der Waals surface area (Å²) in [5, 5.41) is 4.70. The molecule has 1 unspecified atom stereocenters. The van der Waals surface area contributed by atoms with Gasteiger partial charge in [0, 0.05) is 17.5 Å². The Balaban J connectivity index is 1.86. The highest BCUT2D eigenvalue weighted by Gasteiger charge is 2.28. The van der Waals surface area contributed by atoms with E-state index >= 15 is 0 Å². The van der Waals surface area contributed by atoms with E-state index in [4.69, 9.17) is 4.98 Å². The van der Waals surface area contributed by atoms with E-state index in [9.17, 15) is 0 Å². The van der Waals surface area contributed by atoms with Crippen LogP contribution < -0.4 is 10.2 Å². The number of anilines is 1. The van der Waals surface area contributed by atoms with Gasteiger partial charge >= 0.3 is 0 Å². The minimum Gasteiger partial charge on any atom is -0.345 e. The first-order valence-electron chi connectivity index (χ1n) is 7.77. The molecule has 1 fully saturated rings. The highest BCUT2D eigenvalue weighted by Crippen LogP contribution is 2.38. The highest BCUT2D eigenvalue weighted by molar-refractivity contribution is 7.15. The summed E-state index contributed by atoms with van der Waals surface area (Å²) in [7, 11) is 2.06. The predicted octanol–water partition coefficient (Wildman–Crippen LogP) is 3.51. The molecular weight excluding hydrogens is 254 g/mol. The monoisotopic (exact) mass is 279 g/mol. The third-order valence-corrected chi connectivity index (χ3v) is 5.81. The van der Waals surface area contributed by atoms with Gasteiger partial charge in [-0.25, -0.2) is 4.98 Å². The first kappa shape index (κ1) is 13.4. The molecular formula is C15H25N3S. The molecule has 19 heavy (non-hydrogen) atoms. The topological polar surface area (TPSA) is 28.2 Å². The fraction of sp³-hybridized carbons (Fsp3) is 0.800. The average molecular weight is 279 g/mol. The Kier molecular flexibility index (Phi) is 4.08. The maximum absolute atomic E-state index is 5.00. The van der Waals surface area contributed by atoms with Crippen molar-refractivity contribution in [3.05, 3.63) is 10.6 Å². The molecule has 0 aromatic carbocycles. The molecule has 0 spiro atoms. The van der Waals surface area contributed by atoms with E-state index in [1.165, 1.54) is 60.6 Å². The summed E-state index contributed by atoms with van der Waals surface area (Å²) in [4.78, 5) is 9.08. The van der Waals surface area contributed by atoms with E-state index in [0.29, 0.717) is 6.04 Å². The van der Waals surface area contributed by atoms with Crippen LogP contribution in [0.15, 0.2) is 0 Å². The molecule has 1 N–H and O–H groups in total. The van der Waals surface area contributed by atoms with Crippen LogP contribution in [0.1, 0.15) is 62.1 Å². The molecule has 0 radical (unpaired) electrons. The van der Waals surface area contributed by atoms with Gasteiger partial charge in [-0.1, -0.05) is 12.8 Å². The minimum absolute atomic E-state index is 0.482. The summed E-state index contributed by atoms with van der Waals surface area (Å²) in [6.07, 6.45) is 9.27. The Labute approximate surface area is 120 Å². The predicted molar refractivity (Wildman–Crippen MR) is 82.1 cm³/mol. The van der Waals surface area contributed by atoms with E-state index < -0.39 is 0 Å². The van der Waals surface area contributed by atoms with Gasteiger partial charge in [-0.3, -0.25) is 0 Å². The fourth-order valence-corrected chi connectivity index (χ4v) is 4.87. The van der Waals surface area contributed by atoms with Crippen LogP contribution in [0.2, 0.25) is 0 Å². The van der Waals surface area contributed by atoms with E-state index in [2.05, 4.69) is 24.2 Å². The van der Waals surface area contributed by atoms with Crippen molar-refractivity contribution in [3.63, 3.8) is 0 Å².